The Hall–Kier alpha value is -2.88. The number of hydrogen-bond donors (Lipinski definition) is 1. The summed E-state index contributed by atoms with van der Waals surface area (Å²) in [5.41, 5.74) is 4.09. The van der Waals surface area contributed by atoms with Crippen LogP contribution in [0, 0.1) is 0 Å². The van der Waals surface area contributed by atoms with E-state index in [0.717, 1.165) is 5.56 Å². The van der Waals surface area contributed by atoms with E-state index < -0.39 is 0 Å². The van der Waals surface area contributed by atoms with Gasteiger partial charge in [0.25, 0.3) is 5.91 Å². The van der Waals surface area contributed by atoms with Crippen LogP contribution in [0.1, 0.15) is 15.9 Å². The number of hydrogen-bond acceptors (Lipinski definition) is 3. The molecule has 22 heavy (non-hydrogen) atoms. The molecule has 4 nitrogen and oxygen atoms in total. The zero-order valence-electron chi connectivity index (χ0n) is 12.2. The van der Waals surface area contributed by atoms with Crippen molar-refractivity contribution in [2.24, 2.45) is 5.10 Å². The number of carbonyl (C=O) groups is 1. The molecular formula is C18H18N2O2. The molecule has 0 radical (unpaired) electrons. The van der Waals surface area contributed by atoms with Crippen LogP contribution in [0.15, 0.2) is 72.4 Å². The maximum absolute atomic E-state index is 12.1. The van der Waals surface area contributed by atoms with Crippen molar-refractivity contribution in [1.82, 2.24) is 5.43 Å². The maximum atomic E-state index is 12.1. The summed E-state index contributed by atoms with van der Waals surface area (Å²) in [6.45, 7) is 3.94. The second-order valence-electron chi connectivity index (χ2n) is 4.54. The topological polar surface area (TPSA) is 50.7 Å². The molecule has 0 fully saturated rings. The molecule has 112 valence electrons. The molecule has 0 unspecified atom stereocenters. The number of amides is 1. The average molecular weight is 294 g/mol. The molecular weight excluding hydrogens is 276 g/mol. The van der Waals surface area contributed by atoms with E-state index in [1.165, 1.54) is 0 Å². The molecule has 4 heteroatoms. The lowest BCUT2D eigenvalue weighted by molar-refractivity contribution is 0.0951. The third-order valence-electron chi connectivity index (χ3n) is 2.92. The summed E-state index contributed by atoms with van der Waals surface area (Å²) in [4.78, 5) is 12.1. The highest BCUT2D eigenvalue weighted by atomic mass is 16.5. The van der Waals surface area contributed by atoms with Crippen molar-refractivity contribution in [2.45, 2.75) is 6.42 Å². The molecule has 1 amide bonds. The SMILES string of the molecule is C=CCOc1ccccc1C(=O)N/N=C/Cc1ccccc1. The first kappa shape index (κ1) is 15.5. The molecule has 1 N–H and O–H groups in total. The van der Waals surface area contributed by atoms with Crippen LogP contribution in [0.4, 0.5) is 0 Å². The van der Waals surface area contributed by atoms with E-state index in [0.29, 0.717) is 24.3 Å². The van der Waals surface area contributed by atoms with Gasteiger partial charge in [-0.25, -0.2) is 5.43 Å². The third kappa shape index (κ3) is 4.59. The number of benzene rings is 2. The molecule has 0 saturated heterocycles. The Balaban J connectivity index is 1.93. The lowest BCUT2D eigenvalue weighted by Gasteiger charge is -2.08. The lowest BCUT2D eigenvalue weighted by Crippen LogP contribution is -2.18. The highest BCUT2D eigenvalue weighted by molar-refractivity contribution is 5.97. The second-order valence-corrected chi connectivity index (χ2v) is 4.54. The molecule has 0 aliphatic carbocycles. The van der Waals surface area contributed by atoms with Crippen LogP contribution in [0.5, 0.6) is 5.75 Å². The molecule has 0 saturated carbocycles. The Morgan fingerprint density at radius 1 is 1.14 bits per heavy atom. The van der Waals surface area contributed by atoms with E-state index in [2.05, 4.69) is 17.1 Å². The van der Waals surface area contributed by atoms with E-state index in [1.807, 2.05) is 36.4 Å². The van der Waals surface area contributed by atoms with Crippen molar-refractivity contribution in [3.8, 4) is 5.75 Å². The van der Waals surface area contributed by atoms with E-state index >= 15 is 0 Å². The van der Waals surface area contributed by atoms with Crippen LogP contribution in [0.2, 0.25) is 0 Å². The predicted molar refractivity (Wildman–Crippen MR) is 88.2 cm³/mol. The molecule has 0 aliphatic heterocycles. The van der Waals surface area contributed by atoms with Gasteiger partial charge in [-0.15, -0.1) is 0 Å². The fraction of sp³-hybridized carbons (Fsp3) is 0.111. The highest BCUT2D eigenvalue weighted by Gasteiger charge is 2.10. The van der Waals surface area contributed by atoms with Gasteiger partial charge in [0.2, 0.25) is 0 Å². The zero-order valence-corrected chi connectivity index (χ0v) is 12.2. The minimum absolute atomic E-state index is 0.302. The molecule has 0 spiro atoms. The normalized spacial score (nSPS) is 10.4. The van der Waals surface area contributed by atoms with Crippen LogP contribution in [-0.2, 0) is 6.42 Å². The third-order valence-corrected chi connectivity index (χ3v) is 2.92. The van der Waals surface area contributed by atoms with E-state index in [-0.39, 0.29) is 5.91 Å². The first-order chi connectivity index (χ1) is 10.8. The van der Waals surface area contributed by atoms with Gasteiger partial charge in [-0.1, -0.05) is 55.1 Å². The molecule has 0 atom stereocenters. The van der Waals surface area contributed by atoms with Crippen molar-refractivity contribution in [3.63, 3.8) is 0 Å². The molecule has 2 aromatic rings. The number of para-hydroxylation sites is 1. The van der Waals surface area contributed by atoms with Gasteiger partial charge in [-0.2, -0.15) is 5.10 Å². The van der Waals surface area contributed by atoms with Gasteiger partial charge in [0.05, 0.1) is 5.56 Å². The van der Waals surface area contributed by atoms with Gasteiger partial charge < -0.3 is 4.74 Å². The van der Waals surface area contributed by atoms with Crippen molar-refractivity contribution in [1.29, 1.82) is 0 Å². The number of rotatable bonds is 7. The summed E-state index contributed by atoms with van der Waals surface area (Å²) in [7, 11) is 0. The van der Waals surface area contributed by atoms with E-state index in [9.17, 15) is 4.79 Å². The van der Waals surface area contributed by atoms with Crippen LogP contribution < -0.4 is 10.2 Å². The smallest absolute Gasteiger partial charge is 0.275 e. The Morgan fingerprint density at radius 2 is 1.86 bits per heavy atom. The summed E-state index contributed by atoms with van der Waals surface area (Å²) in [5.74, 6) is 0.210. The van der Waals surface area contributed by atoms with E-state index in [1.54, 1.807) is 30.5 Å². The number of hydrazone groups is 1. The van der Waals surface area contributed by atoms with Gasteiger partial charge in [-0.3, -0.25) is 4.79 Å². The average Bonchev–Trinajstić information content (AvgIpc) is 2.58. The van der Waals surface area contributed by atoms with Crippen molar-refractivity contribution in [2.75, 3.05) is 6.61 Å². The zero-order chi connectivity index (χ0) is 15.6. The Kier molecular flexibility index (Phi) is 5.93. The van der Waals surface area contributed by atoms with Crippen molar-refractivity contribution in [3.05, 3.63) is 78.4 Å². The number of nitrogens with zero attached hydrogens (tertiary/aromatic N) is 1. The molecule has 2 rings (SSSR count). The van der Waals surface area contributed by atoms with Gasteiger partial charge in [0, 0.05) is 12.6 Å². The summed E-state index contributed by atoms with van der Waals surface area (Å²) >= 11 is 0. The molecule has 0 aliphatic rings. The van der Waals surface area contributed by atoms with Crippen LogP contribution >= 0.6 is 0 Å². The monoisotopic (exact) mass is 294 g/mol. The predicted octanol–water partition coefficient (Wildman–Crippen LogP) is 3.21. The number of carbonyl (C=O) groups excluding carboxylic acids is 1. The number of ether oxygens (including phenoxy) is 1. The Morgan fingerprint density at radius 3 is 2.64 bits per heavy atom. The van der Waals surface area contributed by atoms with Crippen LogP contribution in [0.3, 0.4) is 0 Å². The number of nitrogens with one attached hydrogen (secondary N) is 1. The Bertz CT molecular complexity index is 651. The first-order valence-electron chi connectivity index (χ1n) is 7.00. The van der Waals surface area contributed by atoms with E-state index in [4.69, 9.17) is 4.74 Å². The van der Waals surface area contributed by atoms with Crippen molar-refractivity contribution < 1.29 is 9.53 Å². The summed E-state index contributed by atoms with van der Waals surface area (Å²) in [5, 5.41) is 3.96. The van der Waals surface area contributed by atoms with Gasteiger partial charge in [0.15, 0.2) is 0 Å². The summed E-state index contributed by atoms with van der Waals surface area (Å²) in [6.07, 6.45) is 3.96. The maximum Gasteiger partial charge on any atom is 0.275 e. The van der Waals surface area contributed by atoms with Crippen molar-refractivity contribution >= 4 is 12.1 Å². The van der Waals surface area contributed by atoms with Gasteiger partial charge >= 0.3 is 0 Å². The second kappa shape index (κ2) is 8.42. The molecule has 0 bridgehead atoms. The Labute approximate surface area is 130 Å². The van der Waals surface area contributed by atoms with Crippen LogP contribution in [-0.4, -0.2) is 18.7 Å². The quantitative estimate of drug-likeness (QED) is 0.484. The fourth-order valence-electron chi connectivity index (χ4n) is 1.86. The highest BCUT2D eigenvalue weighted by Crippen LogP contribution is 2.17. The minimum Gasteiger partial charge on any atom is -0.489 e. The summed E-state index contributed by atoms with van der Waals surface area (Å²) < 4.78 is 5.45. The fourth-order valence-corrected chi connectivity index (χ4v) is 1.86. The molecule has 0 aromatic heterocycles. The van der Waals surface area contributed by atoms with Crippen LogP contribution in [0.25, 0.3) is 0 Å². The minimum atomic E-state index is -0.302. The van der Waals surface area contributed by atoms with Gasteiger partial charge in [0.1, 0.15) is 12.4 Å². The van der Waals surface area contributed by atoms with Gasteiger partial charge in [-0.05, 0) is 17.7 Å². The largest absolute Gasteiger partial charge is 0.489 e. The summed E-state index contributed by atoms with van der Waals surface area (Å²) in [6, 6.07) is 16.9. The molecule has 0 heterocycles. The lowest BCUT2D eigenvalue weighted by atomic mass is 10.2. The molecule has 2 aromatic carbocycles. The first-order valence-corrected chi connectivity index (χ1v) is 7.00. The standard InChI is InChI=1S/C18H18N2O2/c1-2-14-22-17-11-7-6-10-16(17)18(21)20-19-13-12-15-8-4-3-5-9-15/h2-11,13H,1,12,14H2,(H,20,21)/b19-13+.